The highest BCUT2D eigenvalue weighted by atomic mass is 19.1. The van der Waals surface area contributed by atoms with Gasteiger partial charge in [-0.05, 0) is 51.0 Å². The van der Waals surface area contributed by atoms with E-state index in [1.807, 2.05) is 14.1 Å². The normalized spacial score (nSPS) is 12.9. The highest BCUT2D eigenvalue weighted by Gasteiger charge is 2.16. The minimum Gasteiger partial charge on any atom is -0.505 e. The Bertz CT molecular complexity index is 407. The molecule has 0 radical (unpaired) electrons. The predicted octanol–water partition coefficient (Wildman–Crippen LogP) is 3.58. The number of benzene rings is 1. The van der Waals surface area contributed by atoms with E-state index in [0.29, 0.717) is 12.3 Å². The summed E-state index contributed by atoms with van der Waals surface area (Å²) in [5, 5.41) is 9.32. The molecule has 4 heteroatoms. The van der Waals surface area contributed by atoms with Crippen molar-refractivity contribution in [2.24, 2.45) is 5.92 Å². The summed E-state index contributed by atoms with van der Waals surface area (Å²) < 4.78 is 27.0. The van der Waals surface area contributed by atoms with Gasteiger partial charge in [0, 0.05) is 6.07 Å². The van der Waals surface area contributed by atoms with Crippen molar-refractivity contribution in [3.05, 3.63) is 29.3 Å². The Hall–Kier alpha value is -1.16. The lowest BCUT2D eigenvalue weighted by atomic mass is 9.91. The van der Waals surface area contributed by atoms with Gasteiger partial charge in [-0.25, -0.2) is 8.78 Å². The topological polar surface area (TPSA) is 23.5 Å². The van der Waals surface area contributed by atoms with Crippen LogP contribution >= 0.6 is 0 Å². The molecule has 1 atom stereocenters. The van der Waals surface area contributed by atoms with Crippen molar-refractivity contribution in [2.45, 2.75) is 32.6 Å². The smallest absolute Gasteiger partial charge is 0.168 e. The number of nitrogens with zero attached hydrogens (tertiary/aromatic N) is 1. The quantitative estimate of drug-likeness (QED) is 0.819. The number of phenolic OH excluding ortho intramolecular Hbond substituents is 1. The molecule has 1 aromatic carbocycles. The third-order valence-electron chi connectivity index (χ3n) is 3.28. The number of aromatic hydroxyl groups is 1. The maximum absolute atomic E-state index is 13.8. The Labute approximate surface area is 114 Å². The van der Waals surface area contributed by atoms with E-state index in [2.05, 4.69) is 11.8 Å². The standard InChI is InChI=1S/C15H23F2NO/c1-4-5-11(6-7-18(2)3)8-12-9-13(16)10-14(19)15(12)17/h9-11,19H,4-8H2,1-3H3/t11-/m1/s1. The average Bonchev–Trinajstić information content (AvgIpc) is 2.32. The van der Waals surface area contributed by atoms with Crippen LogP contribution in [-0.2, 0) is 6.42 Å². The van der Waals surface area contributed by atoms with Gasteiger partial charge >= 0.3 is 0 Å². The molecule has 0 saturated heterocycles. The molecule has 0 aliphatic carbocycles. The summed E-state index contributed by atoms with van der Waals surface area (Å²) in [4.78, 5) is 2.09. The SMILES string of the molecule is CCC[C@H](CCN(C)C)Cc1cc(F)cc(O)c1F. The van der Waals surface area contributed by atoms with Gasteiger partial charge in [0.2, 0.25) is 0 Å². The summed E-state index contributed by atoms with van der Waals surface area (Å²) in [5.41, 5.74) is 0.273. The van der Waals surface area contributed by atoms with Crippen LogP contribution in [0.25, 0.3) is 0 Å². The van der Waals surface area contributed by atoms with E-state index in [9.17, 15) is 13.9 Å². The second-order valence-electron chi connectivity index (χ2n) is 5.35. The van der Waals surface area contributed by atoms with Crippen molar-refractivity contribution >= 4 is 0 Å². The van der Waals surface area contributed by atoms with E-state index in [1.165, 1.54) is 6.07 Å². The minimum absolute atomic E-state index is 0.273. The molecule has 0 fully saturated rings. The molecule has 0 spiro atoms. The van der Waals surface area contributed by atoms with Gasteiger partial charge in [0.15, 0.2) is 11.6 Å². The molecule has 2 nitrogen and oxygen atoms in total. The van der Waals surface area contributed by atoms with Crippen LogP contribution in [0.2, 0.25) is 0 Å². The van der Waals surface area contributed by atoms with Gasteiger partial charge in [-0.15, -0.1) is 0 Å². The van der Waals surface area contributed by atoms with Crippen molar-refractivity contribution in [3.63, 3.8) is 0 Å². The van der Waals surface area contributed by atoms with Gasteiger partial charge in [0.1, 0.15) is 5.82 Å². The zero-order valence-electron chi connectivity index (χ0n) is 11.9. The third-order valence-corrected chi connectivity index (χ3v) is 3.28. The third kappa shape index (κ3) is 5.15. The zero-order valence-corrected chi connectivity index (χ0v) is 11.9. The van der Waals surface area contributed by atoms with Crippen molar-refractivity contribution < 1.29 is 13.9 Å². The summed E-state index contributed by atoms with van der Waals surface area (Å²) in [6, 6.07) is 2.00. The maximum atomic E-state index is 13.8. The van der Waals surface area contributed by atoms with Crippen molar-refractivity contribution in [3.8, 4) is 5.75 Å². The Morgan fingerprint density at radius 2 is 1.89 bits per heavy atom. The number of halogens is 2. The highest BCUT2D eigenvalue weighted by molar-refractivity contribution is 5.31. The Morgan fingerprint density at radius 3 is 2.47 bits per heavy atom. The first kappa shape index (κ1) is 15.9. The molecule has 0 bridgehead atoms. The average molecular weight is 271 g/mol. The molecule has 0 amide bonds. The van der Waals surface area contributed by atoms with Gasteiger partial charge < -0.3 is 10.0 Å². The highest BCUT2D eigenvalue weighted by Crippen LogP contribution is 2.26. The lowest BCUT2D eigenvalue weighted by Gasteiger charge is -2.19. The Kier molecular flexibility index (Phi) is 6.22. The largest absolute Gasteiger partial charge is 0.505 e. The summed E-state index contributed by atoms with van der Waals surface area (Å²) in [5.74, 6) is -1.56. The maximum Gasteiger partial charge on any atom is 0.168 e. The zero-order chi connectivity index (χ0) is 14.4. The fourth-order valence-electron chi connectivity index (χ4n) is 2.29. The molecular formula is C15H23F2NO. The van der Waals surface area contributed by atoms with Crippen LogP contribution in [0.5, 0.6) is 5.75 Å². The minimum atomic E-state index is -0.688. The van der Waals surface area contributed by atoms with Crippen LogP contribution < -0.4 is 0 Å². The molecule has 108 valence electrons. The van der Waals surface area contributed by atoms with Crippen molar-refractivity contribution in [1.82, 2.24) is 4.90 Å². The molecule has 1 N–H and O–H groups in total. The summed E-state index contributed by atoms with van der Waals surface area (Å²) in [6.45, 7) is 3.01. The first-order valence-electron chi connectivity index (χ1n) is 6.75. The monoisotopic (exact) mass is 271 g/mol. The van der Waals surface area contributed by atoms with E-state index < -0.39 is 17.4 Å². The molecule has 0 aliphatic rings. The van der Waals surface area contributed by atoms with E-state index in [4.69, 9.17) is 0 Å². The first-order valence-corrected chi connectivity index (χ1v) is 6.75. The van der Waals surface area contributed by atoms with Crippen LogP contribution in [0.15, 0.2) is 12.1 Å². The van der Waals surface area contributed by atoms with E-state index in [-0.39, 0.29) is 5.56 Å². The van der Waals surface area contributed by atoms with Crippen molar-refractivity contribution in [1.29, 1.82) is 0 Å². The summed E-state index contributed by atoms with van der Waals surface area (Å²) >= 11 is 0. The molecule has 0 saturated carbocycles. The van der Waals surface area contributed by atoms with Crippen LogP contribution in [0.1, 0.15) is 31.7 Å². The van der Waals surface area contributed by atoms with Crippen LogP contribution in [0, 0.1) is 17.6 Å². The fraction of sp³-hybridized carbons (Fsp3) is 0.600. The lowest BCUT2D eigenvalue weighted by Crippen LogP contribution is -2.18. The van der Waals surface area contributed by atoms with Gasteiger partial charge in [-0.2, -0.15) is 0 Å². The lowest BCUT2D eigenvalue weighted by molar-refractivity contribution is 0.332. The molecule has 0 aromatic heterocycles. The van der Waals surface area contributed by atoms with Gasteiger partial charge in [-0.3, -0.25) is 0 Å². The predicted molar refractivity (Wildman–Crippen MR) is 73.3 cm³/mol. The van der Waals surface area contributed by atoms with Crippen LogP contribution in [0.4, 0.5) is 8.78 Å². The van der Waals surface area contributed by atoms with E-state index in [1.54, 1.807) is 0 Å². The van der Waals surface area contributed by atoms with E-state index >= 15 is 0 Å². The molecule has 0 heterocycles. The first-order chi connectivity index (χ1) is 8.93. The summed E-state index contributed by atoms with van der Waals surface area (Å²) in [6.07, 6.45) is 3.40. The fourth-order valence-corrected chi connectivity index (χ4v) is 2.29. The molecule has 0 aliphatic heterocycles. The second-order valence-corrected chi connectivity index (χ2v) is 5.35. The molecule has 19 heavy (non-hydrogen) atoms. The molecule has 0 unspecified atom stereocenters. The van der Waals surface area contributed by atoms with Gasteiger partial charge in [0.25, 0.3) is 0 Å². The van der Waals surface area contributed by atoms with Crippen molar-refractivity contribution in [2.75, 3.05) is 20.6 Å². The molecular weight excluding hydrogens is 248 g/mol. The van der Waals surface area contributed by atoms with Gasteiger partial charge in [-0.1, -0.05) is 19.8 Å². The number of hydrogen-bond acceptors (Lipinski definition) is 2. The Morgan fingerprint density at radius 1 is 1.21 bits per heavy atom. The number of rotatable bonds is 7. The molecule has 1 rings (SSSR count). The number of phenols is 1. The van der Waals surface area contributed by atoms with Gasteiger partial charge in [0.05, 0.1) is 0 Å². The number of hydrogen-bond donors (Lipinski definition) is 1. The summed E-state index contributed by atoms with van der Waals surface area (Å²) in [7, 11) is 4.00. The van der Waals surface area contributed by atoms with Crippen LogP contribution in [0.3, 0.4) is 0 Å². The van der Waals surface area contributed by atoms with Crippen LogP contribution in [-0.4, -0.2) is 30.6 Å². The molecule has 1 aromatic rings. The Balaban J connectivity index is 2.78. The second kappa shape index (κ2) is 7.43. The van der Waals surface area contributed by atoms with E-state index in [0.717, 1.165) is 31.9 Å².